The molecule has 0 unspecified atom stereocenters. The molecule has 13 heteroatoms. The van der Waals surface area contributed by atoms with Crippen LogP contribution in [-0.2, 0) is 16.2 Å². The van der Waals surface area contributed by atoms with Crippen molar-refractivity contribution in [2.45, 2.75) is 56.1 Å². The van der Waals surface area contributed by atoms with Crippen molar-refractivity contribution in [1.29, 1.82) is 0 Å². The Morgan fingerprint density at radius 1 is 1.10 bits per heavy atom. The first kappa shape index (κ1) is 28.7. The second-order valence-corrected chi connectivity index (χ2v) is 12.5. The van der Waals surface area contributed by atoms with E-state index in [1.807, 2.05) is 0 Å². The number of aliphatic hydroxyl groups is 1. The number of aryl methyl sites for hydroxylation is 1. The van der Waals surface area contributed by atoms with Crippen LogP contribution in [-0.4, -0.2) is 46.2 Å². The maximum absolute atomic E-state index is 13.4. The van der Waals surface area contributed by atoms with Crippen LogP contribution in [0.1, 0.15) is 59.8 Å². The predicted molar refractivity (Wildman–Crippen MR) is 146 cm³/mol. The Morgan fingerprint density at radius 3 is 2.39 bits per heavy atom. The van der Waals surface area contributed by atoms with Gasteiger partial charge in [-0.05, 0) is 69.5 Å². The Hall–Kier alpha value is -3.81. The number of aliphatic hydroxyl groups excluding tert-OH is 1. The van der Waals surface area contributed by atoms with E-state index in [1.54, 1.807) is 23.6 Å². The Kier molecular flexibility index (Phi) is 7.16. The van der Waals surface area contributed by atoms with Gasteiger partial charge in [0, 0.05) is 22.9 Å². The Balaban J connectivity index is 1.50. The smallest absolute Gasteiger partial charge is 0.394 e. The fourth-order valence-corrected chi connectivity index (χ4v) is 5.77. The molecule has 2 aromatic heterocycles. The van der Waals surface area contributed by atoms with Gasteiger partial charge in [0.2, 0.25) is 10.0 Å². The lowest BCUT2D eigenvalue weighted by atomic mass is 10.1. The average Bonchev–Trinajstić information content (AvgIpc) is 3.66. The van der Waals surface area contributed by atoms with E-state index >= 15 is 0 Å². The number of alkyl halides is 3. The van der Waals surface area contributed by atoms with E-state index in [2.05, 4.69) is 20.1 Å². The van der Waals surface area contributed by atoms with Crippen LogP contribution in [0.25, 0.3) is 16.9 Å². The summed E-state index contributed by atoms with van der Waals surface area (Å²) < 4.78 is 69.0. The van der Waals surface area contributed by atoms with E-state index in [0.29, 0.717) is 16.8 Å². The predicted octanol–water partition coefficient (Wildman–Crippen LogP) is 4.90. The first-order valence-corrected chi connectivity index (χ1v) is 14.3. The third-order valence-corrected chi connectivity index (χ3v) is 8.52. The fraction of sp³-hybridized carbons (Fsp3) is 0.321. The number of halogens is 3. The lowest BCUT2D eigenvalue weighted by Crippen LogP contribution is -2.46. The zero-order valence-corrected chi connectivity index (χ0v) is 23.3. The molecule has 9 nitrogen and oxygen atoms in total. The van der Waals surface area contributed by atoms with Gasteiger partial charge in [0.15, 0.2) is 5.65 Å². The number of sulfonamides is 1. The molecule has 0 spiro atoms. The number of nitrogens with one attached hydrogen (secondary N) is 2. The van der Waals surface area contributed by atoms with Crippen LogP contribution in [0.2, 0.25) is 0 Å². The molecule has 1 aliphatic carbocycles. The molecule has 5 rings (SSSR count). The maximum atomic E-state index is 13.4. The number of aromatic nitrogens is 3. The van der Waals surface area contributed by atoms with Crippen molar-refractivity contribution in [2.75, 3.05) is 11.9 Å². The van der Waals surface area contributed by atoms with Gasteiger partial charge in [-0.1, -0.05) is 18.2 Å². The number of carbonyl (C=O) groups is 1. The van der Waals surface area contributed by atoms with Gasteiger partial charge in [-0.25, -0.2) is 22.6 Å². The summed E-state index contributed by atoms with van der Waals surface area (Å²) in [6.07, 6.45) is -1.28. The minimum absolute atomic E-state index is 0.0986. The van der Waals surface area contributed by atoms with Crippen molar-refractivity contribution in [3.63, 3.8) is 0 Å². The Bertz CT molecular complexity index is 1750. The van der Waals surface area contributed by atoms with Crippen LogP contribution in [0, 0.1) is 6.92 Å². The molecular formula is C28H28F3N5O4S. The van der Waals surface area contributed by atoms with Crippen LogP contribution in [0.3, 0.4) is 0 Å². The molecule has 0 aliphatic heterocycles. The largest absolute Gasteiger partial charge is 0.416 e. The number of nitrogens with zero attached hydrogens (tertiary/aromatic N) is 3. The molecular weight excluding hydrogens is 559 g/mol. The Labute approximate surface area is 234 Å². The quantitative estimate of drug-likeness (QED) is 0.269. The standard InChI is InChI=1S/C28H28F3N5O4S/c1-16-4-11-20(41(39,40)35-27(2,3)15-37)12-22(16)34-26(38)21-14-32-36-24(18-5-6-18)13-23(33-25(21)36)17-7-9-19(10-8-17)28(29,30)31/h4,7-14,18,35,37H,5-6,15H2,1-3H3,(H,34,38). The number of hydrogen-bond donors (Lipinski definition) is 3. The van der Waals surface area contributed by atoms with Crippen LogP contribution in [0.5, 0.6) is 0 Å². The number of carbonyl (C=O) groups excluding carboxylic acids is 1. The molecule has 216 valence electrons. The summed E-state index contributed by atoms with van der Waals surface area (Å²) in [4.78, 5) is 17.9. The second kappa shape index (κ2) is 10.2. The maximum Gasteiger partial charge on any atom is 0.416 e. The lowest BCUT2D eigenvalue weighted by molar-refractivity contribution is -0.137. The highest BCUT2D eigenvalue weighted by Gasteiger charge is 2.32. The minimum atomic E-state index is -4.47. The van der Waals surface area contributed by atoms with Gasteiger partial charge in [-0.2, -0.15) is 18.3 Å². The van der Waals surface area contributed by atoms with Crippen molar-refractivity contribution in [3.8, 4) is 11.3 Å². The number of benzene rings is 2. The van der Waals surface area contributed by atoms with Crippen molar-refractivity contribution < 1.29 is 31.5 Å². The number of amides is 1. The molecule has 2 heterocycles. The molecule has 0 saturated heterocycles. The summed E-state index contributed by atoms with van der Waals surface area (Å²) in [6.45, 7) is 4.36. The molecule has 4 aromatic rings. The van der Waals surface area contributed by atoms with Gasteiger partial charge in [0.1, 0.15) is 5.56 Å². The summed E-state index contributed by atoms with van der Waals surface area (Å²) in [5.41, 5.74) is 0.996. The van der Waals surface area contributed by atoms with Gasteiger partial charge < -0.3 is 10.4 Å². The van der Waals surface area contributed by atoms with Crippen LogP contribution >= 0.6 is 0 Å². The molecule has 0 atom stereocenters. The molecule has 41 heavy (non-hydrogen) atoms. The first-order valence-electron chi connectivity index (χ1n) is 12.8. The highest BCUT2D eigenvalue weighted by atomic mass is 32.2. The monoisotopic (exact) mass is 587 g/mol. The molecule has 3 N–H and O–H groups in total. The van der Waals surface area contributed by atoms with E-state index in [1.165, 1.54) is 44.3 Å². The summed E-state index contributed by atoms with van der Waals surface area (Å²) >= 11 is 0. The third kappa shape index (κ3) is 5.97. The topological polar surface area (TPSA) is 126 Å². The lowest BCUT2D eigenvalue weighted by Gasteiger charge is -2.23. The van der Waals surface area contributed by atoms with E-state index in [9.17, 15) is 31.5 Å². The zero-order chi connectivity index (χ0) is 29.7. The van der Waals surface area contributed by atoms with Gasteiger partial charge in [0.05, 0.1) is 34.5 Å². The molecule has 1 aliphatic rings. The molecule has 1 fully saturated rings. The van der Waals surface area contributed by atoms with Crippen molar-refractivity contribution >= 4 is 27.3 Å². The van der Waals surface area contributed by atoms with Crippen LogP contribution < -0.4 is 10.0 Å². The van der Waals surface area contributed by atoms with Gasteiger partial charge in [-0.3, -0.25) is 4.79 Å². The SMILES string of the molecule is Cc1ccc(S(=O)(=O)NC(C)(C)CO)cc1NC(=O)c1cnn2c(C3CC3)cc(-c3ccc(C(F)(F)F)cc3)nc12. The van der Waals surface area contributed by atoms with Gasteiger partial charge in [0.25, 0.3) is 5.91 Å². The first-order chi connectivity index (χ1) is 19.2. The van der Waals surface area contributed by atoms with Gasteiger partial charge in [-0.15, -0.1) is 0 Å². The van der Waals surface area contributed by atoms with Crippen molar-refractivity contribution in [3.05, 3.63) is 77.1 Å². The number of fused-ring (bicyclic) bond motifs is 1. The number of anilines is 1. The molecule has 0 bridgehead atoms. The van der Waals surface area contributed by atoms with Gasteiger partial charge >= 0.3 is 6.18 Å². The van der Waals surface area contributed by atoms with Crippen LogP contribution in [0.4, 0.5) is 18.9 Å². The minimum Gasteiger partial charge on any atom is -0.394 e. The number of hydrogen-bond acceptors (Lipinski definition) is 6. The molecule has 0 radical (unpaired) electrons. The average molecular weight is 588 g/mol. The van der Waals surface area contributed by atoms with Crippen molar-refractivity contribution in [1.82, 2.24) is 19.3 Å². The highest BCUT2D eigenvalue weighted by Crippen LogP contribution is 2.41. The molecule has 1 saturated carbocycles. The highest BCUT2D eigenvalue weighted by molar-refractivity contribution is 7.89. The van der Waals surface area contributed by atoms with Crippen molar-refractivity contribution in [2.24, 2.45) is 0 Å². The fourth-order valence-electron chi connectivity index (χ4n) is 4.34. The van der Waals surface area contributed by atoms with E-state index in [0.717, 1.165) is 30.7 Å². The summed E-state index contributed by atoms with van der Waals surface area (Å²) in [5, 5.41) is 16.6. The number of rotatable bonds is 8. The molecule has 1 amide bonds. The third-order valence-electron chi connectivity index (χ3n) is 6.82. The molecule has 2 aromatic carbocycles. The van der Waals surface area contributed by atoms with E-state index in [-0.39, 0.29) is 27.7 Å². The Morgan fingerprint density at radius 2 is 1.78 bits per heavy atom. The summed E-state index contributed by atoms with van der Waals surface area (Å²) in [6, 6.07) is 10.7. The summed E-state index contributed by atoms with van der Waals surface area (Å²) in [7, 11) is -4.01. The van der Waals surface area contributed by atoms with E-state index < -0.39 is 39.8 Å². The summed E-state index contributed by atoms with van der Waals surface area (Å²) in [5.74, 6) is -0.399. The second-order valence-electron chi connectivity index (χ2n) is 10.8. The van der Waals surface area contributed by atoms with E-state index in [4.69, 9.17) is 0 Å². The van der Waals surface area contributed by atoms with Crippen LogP contribution in [0.15, 0.2) is 59.6 Å². The normalized spacial score (nSPS) is 14.4. The zero-order valence-electron chi connectivity index (χ0n) is 22.5.